The van der Waals surface area contributed by atoms with Crippen LogP contribution in [0.2, 0.25) is 0 Å². The molecule has 0 unspecified atom stereocenters. The number of carbonyl (C=O) groups is 2. The van der Waals surface area contributed by atoms with Gasteiger partial charge in [-0.1, -0.05) is 0 Å². The van der Waals surface area contributed by atoms with Crippen LogP contribution in [-0.2, 0) is 11.2 Å². The van der Waals surface area contributed by atoms with Crippen LogP contribution in [0.15, 0.2) is 18.2 Å². The SMILES string of the molecule is O=C1CCc2cc(C(=O)NCC(F)F)ccc2N1. The summed E-state index contributed by atoms with van der Waals surface area (Å²) in [6.07, 6.45) is -1.64. The first-order valence-corrected chi connectivity index (χ1v) is 5.55. The summed E-state index contributed by atoms with van der Waals surface area (Å²) in [5.74, 6) is -0.590. The number of fused-ring (bicyclic) bond motifs is 1. The minimum Gasteiger partial charge on any atom is -0.346 e. The molecule has 2 N–H and O–H groups in total. The molecular formula is C12H12F2N2O2. The number of hydrogen-bond acceptors (Lipinski definition) is 2. The molecule has 0 aliphatic carbocycles. The molecule has 1 heterocycles. The van der Waals surface area contributed by atoms with E-state index < -0.39 is 18.9 Å². The summed E-state index contributed by atoms with van der Waals surface area (Å²) in [4.78, 5) is 22.7. The van der Waals surface area contributed by atoms with E-state index >= 15 is 0 Å². The molecule has 1 aromatic carbocycles. The highest BCUT2D eigenvalue weighted by Crippen LogP contribution is 2.23. The summed E-state index contributed by atoms with van der Waals surface area (Å²) in [7, 11) is 0. The lowest BCUT2D eigenvalue weighted by molar-refractivity contribution is -0.116. The lowest BCUT2D eigenvalue weighted by Crippen LogP contribution is -2.28. The first kappa shape index (κ1) is 12.5. The van der Waals surface area contributed by atoms with Crippen molar-refractivity contribution in [3.05, 3.63) is 29.3 Å². The van der Waals surface area contributed by atoms with Crippen molar-refractivity contribution in [3.63, 3.8) is 0 Å². The summed E-state index contributed by atoms with van der Waals surface area (Å²) in [5, 5.41) is 4.82. The normalized spacial score (nSPS) is 14.1. The highest BCUT2D eigenvalue weighted by atomic mass is 19.3. The van der Waals surface area contributed by atoms with Crippen molar-refractivity contribution in [1.82, 2.24) is 5.32 Å². The number of benzene rings is 1. The van der Waals surface area contributed by atoms with E-state index in [0.717, 1.165) is 5.56 Å². The van der Waals surface area contributed by atoms with Crippen LogP contribution in [0.5, 0.6) is 0 Å². The van der Waals surface area contributed by atoms with E-state index in [4.69, 9.17) is 0 Å². The van der Waals surface area contributed by atoms with Gasteiger partial charge in [0.15, 0.2) is 0 Å². The van der Waals surface area contributed by atoms with Gasteiger partial charge in [0.1, 0.15) is 0 Å². The van der Waals surface area contributed by atoms with Crippen LogP contribution >= 0.6 is 0 Å². The molecule has 96 valence electrons. The van der Waals surface area contributed by atoms with Gasteiger partial charge in [-0.2, -0.15) is 0 Å². The van der Waals surface area contributed by atoms with Crippen molar-refractivity contribution in [2.75, 3.05) is 11.9 Å². The molecule has 0 radical (unpaired) electrons. The molecule has 0 saturated carbocycles. The Labute approximate surface area is 102 Å². The molecule has 1 aliphatic heterocycles. The number of nitrogens with one attached hydrogen (secondary N) is 2. The molecule has 0 saturated heterocycles. The Kier molecular flexibility index (Phi) is 3.55. The van der Waals surface area contributed by atoms with E-state index in [2.05, 4.69) is 10.6 Å². The van der Waals surface area contributed by atoms with Crippen LogP contribution in [-0.4, -0.2) is 24.8 Å². The third-order valence-electron chi connectivity index (χ3n) is 2.68. The van der Waals surface area contributed by atoms with Crippen LogP contribution in [0.4, 0.5) is 14.5 Å². The van der Waals surface area contributed by atoms with Crippen LogP contribution in [0.1, 0.15) is 22.3 Å². The average molecular weight is 254 g/mol. The second-order valence-electron chi connectivity index (χ2n) is 4.02. The van der Waals surface area contributed by atoms with Gasteiger partial charge in [0, 0.05) is 17.7 Å². The molecule has 0 spiro atoms. The molecule has 1 aromatic rings. The molecule has 1 aliphatic rings. The van der Waals surface area contributed by atoms with Gasteiger partial charge in [-0.15, -0.1) is 0 Å². The zero-order chi connectivity index (χ0) is 13.1. The van der Waals surface area contributed by atoms with Crippen molar-refractivity contribution >= 4 is 17.5 Å². The maximum Gasteiger partial charge on any atom is 0.255 e. The Morgan fingerprint density at radius 2 is 2.17 bits per heavy atom. The molecule has 18 heavy (non-hydrogen) atoms. The molecule has 0 aromatic heterocycles. The standard InChI is InChI=1S/C12H12F2N2O2/c13-10(14)6-15-12(18)8-1-3-9-7(5-8)2-4-11(17)16-9/h1,3,5,10H,2,4,6H2,(H,15,18)(H,16,17). The van der Waals surface area contributed by atoms with Gasteiger partial charge in [0.05, 0.1) is 6.54 Å². The van der Waals surface area contributed by atoms with Crippen molar-refractivity contribution < 1.29 is 18.4 Å². The number of amides is 2. The molecule has 4 nitrogen and oxygen atoms in total. The first-order chi connectivity index (χ1) is 8.56. The Hall–Kier alpha value is -1.98. The van der Waals surface area contributed by atoms with Gasteiger partial charge in [-0.3, -0.25) is 9.59 Å². The Balaban J connectivity index is 2.11. The van der Waals surface area contributed by atoms with Gasteiger partial charge >= 0.3 is 0 Å². The minimum atomic E-state index is -2.56. The van der Waals surface area contributed by atoms with Gasteiger partial charge < -0.3 is 10.6 Å². The number of alkyl halides is 2. The summed E-state index contributed by atoms with van der Waals surface area (Å²) in [5.41, 5.74) is 1.85. The van der Waals surface area contributed by atoms with E-state index in [1.54, 1.807) is 12.1 Å². The number of aryl methyl sites for hydroxylation is 1. The molecule has 6 heteroatoms. The molecule has 0 atom stereocenters. The number of carbonyl (C=O) groups excluding carboxylic acids is 2. The monoisotopic (exact) mass is 254 g/mol. The third-order valence-corrected chi connectivity index (χ3v) is 2.68. The number of halogens is 2. The maximum absolute atomic E-state index is 12.0. The van der Waals surface area contributed by atoms with Crippen molar-refractivity contribution in [1.29, 1.82) is 0 Å². The average Bonchev–Trinajstić information content (AvgIpc) is 2.35. The topological polar surface area (TPSA) is 58.2 Å². The largest absolute Gasteiger partial charge is 0.346 e. The maximum atomic E-state index is 12.0. The smallest absolute Gasteiger partial charge is 0.255 e. The van der Waals surface area contributed by atoms with Gasteiger partial charge in [-0.05, 0) is 30.2 Å². The summed E-state index contributed by atoms with van der Waals surface area (Å²) in [6.45, 7) is -0.660. The Morgan fingerprint density at radius 3 is 2.89 bits per heavy atom. The van der Waals surface area contributed by atoms with Crippen LogP contribution < -0.4 is 10.6 Å². The summed E-state index contributed by atoms with van der Waals surface area (Å²) >= 11 is 0. The van der Waals surface area contributed by atoms with Crippen LogP contribution in [0.3, 0.4) is 0 Å². The predicted molar refractivity (Wildman–Crippen MR) is 61.7 cm³/mol. The van der Waals surface area contributed by atoms with E-state index in [-0.39, 0.29) is 5.91 Å². The number of hydrogen-bond donors (Lipinski definition) is 2. The fraction of sp³-hybridized carbons (Fsp3) is 0.333. The first-order valence-electron chi connectivity index (χ1n) is 5.55. The lowest BCUT2D eigenvalue weighted by atomic mass is 10.00. The molecule has 2 rings (SSSR count). The minimum absolute atomic E-state index is 0.0580. The van der Waals surface area contributed by atoms with Gasteiger partial charge in [-0.25, -0.2) is 8.78 Å². The van der Waals surface area contributed by atoms with Gasteiger partial charge in [0.2, 0.25) is 5.91 Å². The number of anilines is 1. The Morgan fingerprint density at radius 1 is 1.39 bits per heavy atom. The lowest BCUT2D eigenvalue weighted by Gasteiger charge is -2.17. The zero-order valence-electron chi connectivity index (χ0n) is 9.50. The quantitative estimate of drug-likeness (QED) is 0.860. The van der Waals surface area contributed by atoms with Gasteiger partial charge in [0.25, 0.3) is 12.3 Å². The molecule has 2 amide bonds. The van der Waals surface area contributed by atoms with Crippen LogP contribution in [0.25, 0.3) is 0 Å². The van der Waals surface area contributed by atoms with E-state index in [0.29, 0.717) is 24.1 Å². The van der Waals surface area contributed by atoms with E-state index in [9.17, 15) is 18.4 Å². The summed E-state index contributed by atoms with van der Waals surface area (Å²) in [6, 6.07) is 4.74. The highest BCUT2D eigenvalue weighted by molar-refractivity contribution is 5.97. The van der Waals surface area contributed by atoms with Crippen molar-refractivity contribution in [2.45, 2.75) is 19.3 Å². The van der Waals surface area contributed by atoms with Crippen molar-refractivity contribution in [3.8, 4) is 0 Å². The van der Waals surface area contributed by atoms with Crippen LogP contribution in [0, 0.1) is 0 Å². The zero-order valence-corrected chi connectivity index (χ0v) is 9.50. The Bertz CT molecular complexity index is 489. The second kappa shape index (κ2) is 5.12. The molecule has 0 bridgehead atoms. The fourth-order valence-corrected chi connectivity index (χ4v) is 1.80. The highest BCUT2D eigenvalue weighted by Gasteiger charge is 2.17. The van der Waals surface area contributed by atoms with Crippen molar-refractivity contribution in [2.24, 2.45) is 0 Å². The predicted octanol–water partition coefficient (Wildman–Crippen LogP) is 1.57. The van der Waals surface area contributed by atoms with E-state index in [1.807, 2.05) is 0 Å². The fourth-order valence-electron chi connectivity index (χ4n) is 1.80. The molecule has 0 fully saturated rings. The second-order valence-corrected chi connectivity index (χ2v) is 4.02. The summed E-state index contributed by atoms with van der Waals surface area (Å²) < 4.78 is 23.9. The molecular weight excluding hydrogens is 242 g/mol. The van der Waals surface area contributed by atoms with E-state index in [1.165, 1.54) is 6.07 Å². The third kappa shape index (κ3) is 2.82. The number of rotatable bonds is 3.